The number of rotatable bonds is 7. The summed E-state index contributed by atoms with van der Waals surface area (Å²) in [6.45, 7) is 5.68. The summed E-state index contributed by atoms with van der Waals surface area (Å²) in [6.07, 6.45) is 5.57. The number of benzene rings is 3. The van der Waals surface area contributed by atoms with Gasteiger partial charge in [-0.2, -0.15) is 5.26 Å². The topological polar surface area (TPSA) is 100 Å². The number of nitriles is 1. The molecule has 2 aromatic heterocycles. The lowest BCUT2D eigenvalue weighted by Gasteiger charge is -2.24. The van der Waals surface area contributed by atoms with Crippen molar-refractivity contribution in [3.05, 3.63) is 96.4 Å². The molecule has 0 saturated carbocycles. The molecule has 0 aliphatic rings. The predicted octanol–water partition coefficient (Wildman–Crippen LogP) is 6.77. The number of carbonyl (C=O) groups is 1. The Bertz CT molecular complexity index is 1680. The van der Waals surface area contributed by atoms with Crippen molar-refractivity contribution < 1.29 is 14.3 Å². The van der Waals surface area contributed by atoms with Crippen LogP contribution < -0.4 is 10.1 Å². The highest BCUT2D eigenvalue weighted by Crippen LogP contribution is 2.29. The SMILES string of the molecule is CC(C)(C)OC(=O)NC(COc1cc(C#N)cc(-c2ccc3cnccc3c2)c1)Cc1c[nH]c2ccccc12. The summed E-state index contributed by atoms with van der Waals surface area (Å²) in [5.74, 6) is 0.550. The van der Waals surface area contributed by atoms with Crippen LogP contribution in [0.1, 0.15) is 31.9 Å². The molecule has 1 amide bonds. The van der Waals surface area contributed by atoms with Crippen molar-refractivity contribution in [2.45, 2.75) is 38.8 Å². The molecular formula is C32H30N4O3. The summed E-state index contributed by atoms with van der Waals surface area (Å²) in [5, 5.41) is 15.9. The molecule has 0 fully saturated rings. The van der Waals surface area contributed by atoms with Crippen molar-refractivity contribution >= 4 is 27.8 Å². The van der Waals surface area contributed by atoms with Gasteiger partial charge in [0.2, 0.25) is 0 Å². The van der Waals surface area contributed by atoms with Gasteiger partial charge in [0.1, 0.15) is 18.0 Å². The van der Waals surface area contributed by atoms with Crippen LogP contribution in [0.25, 0.3) is 32.8 Å². The molecule has 2 N–H and O–H groups in total. The number of aromatic amines is 1. The molecule has 0 aliphatic heterocycles. The largest absolute Gasteiger partial charge is 0.491 e. The number of fused-ring (bicyclic) bond motifs is 2. The standard InChI is InChI=1S/C32H30N4O3/c1-32(2,3)39-31(37)36-27(15-26-19-35-30-7-5-4-6-29(26)30)20-38-28-13-21(17-33)12-25(16-28)22-8-9-24-18-34-11-10-23(24)14-22/h4-14,16,18-19,27,35H,15,20H2,1-3H3,(H,36,37). The van der Waals surface area contributed by atoms with E-state index in [1.165, 1.54) is 0 Å². The number of H-pyrrole nitrogens is 1. The van der Waals surface area contributed by atoms with Crippen molar-refractivity contribution in [3.63, 3.8) is 0 Å². The fourth-order valence-corrected chi connectivity index (χ4v) is 4.57. The molecule has 1 unspecified atom stereocenters. The lowest BCUT2D eigenvalue weighted by atomic mass is 10.0. The minimum Gasteiger partial charge on any atom is -0.491 e. The Morgan fingerprint density at radius 1 is 1.05 bits per heavy atom. The van der Waals surface area contributed by atoms with Crippen molar-refractivity contribution in [3.8, 4) is 22.9 Å². The zero-order valence-electron chi connectivity index (χ0n) is 22.2. The van der Waals surface area contributed by atoms with Gasteiger partial charge in [0.05, 0.1) is 17.7 Å². The van der Waals surface area contributed by atoms with Crippen LogP contribution in [-0.2, 0) is 11.2 Å². The van der Waals surface area contributed by atoms with Crippen molar-refractivity contribution in [1.82, 2.24) is 15.3 Å². The number of para-hydroxylation sites is 1. The maximum Gasteiger partial charge on any atom is 0.408 e. The van der Waals surface area contributed by atoms with E-state index in [4.69, 9.17) is 9.47 Å². The average Bonchev–Trinajstić information content (AvgIpc) is 3.33. The highest BCUT2D eigenvalue weighted by atomic mass is 16.6. The third-order valence-electron chi connectivity index (χ3n) is 6.32. The van der Waals surface area contributed by atoms with E-state index in [1.807, 2.05) is 81.7 Å². The molecule has 7 heteroatoms. The van der Waals surface area contributed by atoms with E-state index in [0.717, 1.165) is 38.4 Å². The van der Waals surface area contributed by atoms with Crippen LogP contribution in [-0.4, -0.2) is 34.3 Å². The molecule has 0 aliphatic carbocycles. The molecule has 1 atom stereocenters. The Hall–Kier alpha value is -4.83. The Morgan fingerprint density at radius 2 is 1.90 bits per heavy atom. The number of hydrogen-bond donors (Lipinski definition) is 2. The van der Waals surface area contributed by atoms with E-state index in [1.54, 1.807) is 12.3 Å². The third-order valence-corrected chi connectivity index (χ3v) is 6.32. The van der Waals surface area contributed by atoms with Crippen LogP contribution in [0.15, 0.2) is 85.3 Å². The van der Waals surface area contributed by atoms with Gasteiger partial charge in [-0.3, -0.25) is 4.98 Å². The molecule has 7 nitrogen and oxygen atoms in total. The molecule has 5 aromatic rings. The fourth-order valence-electron chi connectivity index (χ4n) is 4.57. The van der Waals surface area contributed by atoms with Gasteiger partial charge in [-0.15, -0.1) is 0 Å². The van der Waals surface area contributed by atoms with Gasteiger partial charge in [0, 0.05) is 34.9 Å². The summed E-state index contributed by atoms with van der Waals surface area (Å²) in [6, 6.07) is 23.4. The first-order valence-corrected chi connectivity index (χ1v) is 12.8. The first kappa shape index (κ1) is 25.8. The normalized spacial score (nSPS) is 12.2. The monoisotopic (exact) mass is 518 g/mol. The van der Waals surface area contributed by atoms with Gasteiger partial charge < -0.3 is 19.8 Å². The number of alkyl carbamates (subject to hydrolysis) is 1. The number of nitrogens with zero attached hydrogens (tertiary/aromatic N) is 2. The van der Waals surface area contributed by atoms with E-state index in [9.17, 15) is 10.1 Å². The molecule has 39 heavy (non-hydrogen) atoms. The molecule has 5 rings (SSSR count). The summed E-state index contributed by atoms with van der Waals surface area (Å²) in [7, 11) is 0. The number of aromatic nitrogens is 2. The van der Waals surface area contributed by atoms with E-state index >= 15 is 0 Å². The van der Waals surface area contributed by atoms with Crippen LogP contribution in [0.5, 0.6) is 5.75 Å². The lowest BCUT2D eigenvalue weighted by Crippen LogP contribution is -2.43. The maximum atomic E-state index is 12.7. The van der Waals surface area contributed by atoms with E-state index in [-0.39, 0.29) is 12.6 Å². The van der Waals surface area contributed by atoms with Gasteiger partial charge >= 0.3 is 6.09 Å². The van der Waals surface area contributed by atoms with Crippen molar-refractivity contribution in [1.29, 1.82) is 5.26 Å². The molecule has 3 aromatic carbocycles. The second kappa shape index (κ2) is 10.9. The van der Waals surface area contributed by atoms with Gasteiger partial charge in [-0.1, -0.05) is 30.3 Å². The molecule has 0 spiro atoms. The second-order valence-corrected chi connectivity index (χ2v) is 10.5. The molecule has 2 heterocycles. The smallest absolute Gasteiger partial charge is 0.408 e. The molecular weight excluding hydrogens is 488 g/mol. The Balaban J connectivity index is 1.39. The summed E-state index contributed by atoms with van der Waals surface area (Å²) in [4.78, 5) is 20.1. The van der Waals surface area contributed by atoms with Crippen LogP contribution in [0.4, 0.5) is 4.79 Å². The molecule has 0 bridgehead atoms. The first-order valence-electron chi connectivity index (χ1n) is 12.8. The number of nitrogens with one attached hydrogen (secondary N) is 2. The quantitative estimate of drug-likeness (QED) is 0.248. The van der Waals surface area contributed by atoms with Gasteiger partial charge in [-0.05, 0) is 85.7 Å². The first-order chi connectivity index (χ1) is 18.8. The maximum absolute atomic E-state index is 12.7. The summed E-state index contributed by atoms with van der Waals surface area (Å²) >= 11 is 0. The predicted molar refractivity (Wildman–Crippen MR) is 153 cm³/mol. The van der Waals surface area contributed by atoms with Gasteiger partial charge in [0.15, 0.2) is 0 Å². The molecule has 0 radical (unpaired) electrons. The molecule has 196 valence electrons. The average molecular weight is 519 g/mol. The highest BCUT2D eigenvalue weighted by Gasteiger charge is 2.21. The van der Waals surface area contributed by atoms with Crippen molar-refractivity contribution in [2.75, 3.05) is 6.61 Å². The fraction of sp³-hybridized carbons (Fsp3) is 0.219. The van der Waals surface area contributed by atoms with Gasteiger partial charge in [-0.25, -0.2) is 4.79 Å². The number of hydrogen-bond acceptors (Lipinski definition) is 5. The second-order valence-electron chi connectivity index (χ2n) is 10.5. The summed E-state index contributed by atoms with van der Waals surface area (Å²) < 4.78 is 11.7. The van der Waals surface area contributed by atoms with E-state index in [0.29, 0.717) is 17.7 Å². The lowest BCUT2D eigenvalue weighted by molar-refractivity contribution is 0.0488. The van der Waals surface area contributed by atoms with Gasteiger partial charge in [0.25, 0.3) is 0 Å². The minimum absolute atomic E-state index is 0.191. The van der Waals surface area contributed by atoms with Crippen LogP contribution >= 0.6 is 0 Å². The highest BCUT2D eigenvalue weighted by molar-refractivity contribution is 5.87. The number of pyridine rings is 1. The number of carbonyl (C=O) groups excluding carboxylic acids is 1. The number of amides is 1. The Morgan fingerprint density at radius 3 is 2.72 bits per heavy atom. The van der Waals surface area contributed by atoms with Crippen LogP contribution in [0.2, 0.25) is 0 Å². The number of ether oxygens (including phenoxy) is 2. The zero-order chi connectivity index (χ0) is 27.4. The van der Waals surface area contributed by atoms with E-state index < -0.39 is 11.7 Å². The van der Waals surface area contributed by atoms with Crippen LogP contribution in [0, 0.1) is 11.3 Å². The Labute approximate surface area is 227 Å². The zero-order valence-corrected chi connectivity index (χ0v) is 22.2. The molecule has 0 saturated heterocycles. The Kier molecular flexibility index (Phi) is 7.20. The van der Waals surface area contributed by atoms with Crippen molar-refractivity contribution in [2.24, 2.45) is 0 Å². The third kappa shape index (κ3) is 6.36. The summed E-state index contributed by atoms with van der Waals surface area (Å²) in [5.41, 5.74) is 3.80. The van der Waals surface area contributed by atoms with Crippen LogP contribution in [0.3, 0.4) is 0 Å². The minimum atomic E-state index is -0.623. The van der Waals surface area contributed by atoms with E-state index in [2.05, 4.69) is 33.5 Å².